The van der Waals surface area contributed by atoms with E-state index in [-0.39, 0.29) is 0 Å². The number of ether oxygens (including phenoxy) is 2. The van der Waals surface area contributed by atoms with Gasteiger partial charge in [-0.2, -0.15) is 0 Å². The molecule has 24 heavy (non-hydrogen) atoms. The number of rotatable bonds is 6. The fourth-order valence-electron chi connectivity index (χ4n) is 2.02. The second-order valence-corrected chi connectivity index (χ2v) is 6.04. The standard InChI is InChI=1S/C16H18N2O5S/c1-8-13(14(19)17-9(2)16(20)21)24-15(18-8)10-5-6-11(22-3)12(7-10)23-4/h5-7,9H,1-4H3,(H,17,19)(H,20,21)/t9-/m0/s1. The molecule has 0 spiro atoms. The van der Waals surface area contributed by atoms with Gasteiger partial charge < -0.3 is 19.9 Å². The van der Waals surface area contributed by atoms with Crippen LogP contribution in [0.1, 0.15) is 22.3 Å². The van der Waals surface area contributed by atoms with Gasteiger partial charge in [0.15, 0.2) is 11.5 Å². The number of carbonyl (C=O) groups excluding carboxylic acids is 1. The van der Waals surface area contributed by atoms with Gasteiger partial charge in [0.1, 0.15) is 15.9 Å². The Hall–Kier alpha value is -2.61. The average Bonchev–Trinajstić information content (AvgIpc) is 2.95. The normalized spacial score (nSPS) is 11.7. The Morgan fingerprint density at radius 1 is 1.25 bits per heavy atom. The van der Waals surface area contributed by atoms with Gasteiger partial charge in [0.25, 0.3) is 5.91 Å². The number of amides is 1. The van der Waals surface area contributed by atoms with Gasteiger partial charge in [-0.3, -0.25) is 9.59 Å². The molecule has 7 nitrogen and oxygen atoms in total. The molecule has 1 amide bonds. The van der Waals surface area contributed by atoms with Crippen molar-refractivity contribution < 1.29 is 24.2 Å². The molecule has 0 saturated heterocycles. The molecule has 2 aromatic rings. The van der Waals surface area contributed by atoms with Crippen molar-refractivity contribution in [2.45, 2.75) is 19.9 Å². The number of nitrogens with one attached hydrogen (secondary N) is 1. The highest BCUT2D eigenvalue weighted by Crippen LogP contribution is 2.34. The Morgan fingerprint density at radius 3 is 2.50 bits per heavy atom. The topological polar surface area (TPSA) is 97.8 Å². The van der Waals surface area contributed by atoms with Crippen molar-refractivity contribution >= 4 is 23.2 Å². The van der Waals surface area contributed by atoms with Crippen molar-refractivity contribution in [2.75, 3.05) is 14.2 Å². The van der Waals surface area contributed by atoms with Crippen LogP contribution in [-0.4, -0.2) is 42.2 Å². The summed E-state index contributed by atoms with van der Waals surface area (Å²) >= 11 is 1.19. The summed E-state index contributed by atoms with van der Waals surface area (Å²) in [6, 6.07) is 4.39. The van der Waals surface area contributed by atoms with Gasteiger partial charge in [0.2, 0.25) is 0 Å². The lowest BCUT2D eigenvalue weighted by molar-refractivity contribution is -0.138. The number of aryl methyl sites for hydroxylation is 1. The molecule has 0 bridgehead atoms. The van der Waals surface area contributed by atoms with E-state index in [0.29, 0.717) is 27.1 Å². The molecule has 2 N–H and O–H groups in total. The van der Waals surface area contributed by atoms with Crippen LogP contribution in [0.25, 0.3) is 10.6 Å². The van der Waals surface area contributed by atoms with Gasteiger partial charge in [-0.25, -0.2) is 4.98 Å². The second-order valence-electron chi connectivity index (χ2n) is 5.04. The number of thiazole rings is 1. The van der Waals surface area contributed by atoms with Gasteiger partial charge in [-0.05, 0) is 32.0 Å². The van der Waals surface area contributed by atoms with Gasteiger partial charge in [0, 0.05) is 5.56 Å². The number of carbonyl (C=O) groups is 2. The largest absolute Gasteiger partial charge is 0.493 e. The molecule has 8 heteroatoms. The van der Waals surface area contributed by atoms with Gasteiger partial charge in [0.05, 0.1) is 19.9 Å². The maximum Gasteiger partial charge on any atom is 0.325 e. The molecule has 2 rings (SSSR count). The fraction of sp³-hybridized carbons (Fsp3) is 0.312. The van der Waals surface area contributed by atoms with Crippen LogP contribution < -0.4 is 14.8 Å². The molecule has 0 aliphatic carbocycles. The second kappa shape index (κ2) is 7.31. The first-order valence-electron chi connectivity index (χ1n) is 7.10. The van der Waals surface area contributed by atoms with E-state index in [4.69, 9.17) is 14.6 Å². The molecule has 128 valence electrons. The minimum absolute atomic E-state index is 0.382. The third-order valence-corrected chi connectivity index (χ3v) is 4.56. The van der Waals surface area contributed by atoms with Crippen molar-refractivity contribution in [1.82, 2.24) is 10.3 Å². The Bertz CT molecular complexity index is 772. The van der Waals surface area contributed by atoms with Crippen LogP contribution >= 0.6 is 11.3 Å². The predicted octanol–water partition coefficient (Wildman–Crippen LogP) is 2.34. The Labute approximate surface area is 143 Å². The highest BCUT2D eigenvalue weighted by Gasteiger charge is 2.21. The maximum absolute atomic E-state index is 12.2. The van der Waals surface area contributed by atoms with Gasteiger partial charge >= 0.3 is 5.97 Å². The van der Waals surface area contributed by atoms with Crippen molar-refractivity contribution in [3.05, 3.63) is 28.8 Å². The van der Waals surface area contributed by atoms with Crippen LogP contribution in [0.3, 0.4) is 0 Å². The van der Waals surface area contributed by atoms with E-state index >= 15 is 0 Å². The first kappa shape index (κ1) is 17.7. The third kappa shape index (κ3) is 3.65. The fourth-order valence-corrected chi connectivity index (χ4v) is 2.99. The molecule has 1 aromatic carbocycles. The molecule has 1 atom stereocenters. The van der Waals surface area contributed by atoms with Crippen LogP contribution in [0.4, 0.5) is 0 Å². The molecule has 1 heterocycles. The predicted molar refractivity (Wildman–Crippen MR) is 90.0 cm³/mol. The monoisotopic (exact) mass is 350 g/mol. The Balaban J connectivity index is 2.31. The van der Waals surface area contributed by atoms with E-state index in [2.05, 4.69) is 10.3 Å². The van der Waals surface area contributed by atoms with Gasteiger partial charge in [-0.1, -0.05) is 0 Å². The summed E-state index contributed by atoms with van der Waals surface area (Å²) in [5.41, 5.74) is 1.32. The van der Waals surface area contributed by atoms with E-state index in [0.717, 1.165) is 5.56 Å². The first-order valence-corrected chi connectivity index (χ1v) is 7.92. The molecule has 0 unspecified atom stereocenters. The summed E-state index contributed by atoms with van der Waals surface area (Å²) in [4.78, 5) is 27.8. The Morgan fingerprint density at radius 2 is 1.92 bits per heavy atom. The molecule has 0 radical (unpaired) electrons. The average molecular weight is 350 g/mol. The van der Waals surface area contributed by atoms with E-state index in [1.165, 1.54) is 18.3 Å². The van der Waals surface area contributed by atoms with Crippen molar-refractivity contribution in [3.8, 4) is 22.1 Å². The summed E-state index contributed by atoms with van der Waals surface area (Å²) in [6.07, 6.45) is 0. The zero-order valence-corrected chi connectivity index (χ0v) is 14.6. The maximum atomic E-state index is 12.2. The zero-order valence-electron chi connectivity index (χ0n) is 13.7. The van der Waals surface area contributed by atoms with Gasteiger partial charge in [-0.15, -0.1) is 11.3 Å². The quantitative estimate of drug-likeness (QED) is 0.830. The van der Waals surface area contributed by atoms with E-state index < -0.39 is 17.9 Å². The van der Waals surface area contributed by atoms with Crippen molar-refractivity contribution in [1.29, 1.82) is 0 Å². The summed E-state index contributed by atoms with van der Waals surface area (Å²) in [5.74, 6) is -0.381. The molecule has 0 aliphatic rings. The lowest BCUT2D eigenvalue weighted by atomic mass is 10.2. The van der Waals surface area contributed by atoms with Crippen LogP contribution in [-0.2, 0) is 4.79 Å². The van der Waals surface area contributed by atoms with Crippen LogP contribution in [0.2, 0.25) is 0 Å². The van der Waals surface area contributed by atoms with E-state index in [1.54, 1.807) is 33.3 Å². The lowest BCUT2D eigenvalue weighted by Gasteiger charge is -2.08. The number of aromatic nitrogens is 1. The Kier molecular flexibility index (Phi) is 5.40. The highest BCUT2D eigenvalue weighted by molar-refractivity contribution is 7.17. The number of hydrogen-bond acceptors (Lipinski definition) is 6. The molecule has 0 fully saturated rings. The number of hydrogen-bond donors (Lipinski definition) is 2. The van der Waals surface area contributed by atoms with Crippen LogP contribution in [0, 0.1) is 6.92 Å². The number of nitrogens with zero attached hydrogens (tertiary/aromatic N) is 1. The van der Waals surface area contributed by atoms with Crippen molar-refractivity contribution in [3.63, 3.8) is 0 Å². The number of benzene rings is 1. The molecule has 0 aliphatic heterocycles. The summed E-state index contributed by atoms with van der Waals surface area (Å²) in [6.45, 7) is 3.12. The minimum atomic E-state index is -1.09. The molecule has 0 saturated carbocycles. The van der Waals surface area contributed by atoms with E-state index in [9.17, 15) is 9.59 Å². The molecular formula is C16H18N2O5S. The lowest BCUT2D eigenvalue weighted by Crippen LogP contribution is -2.38. The summed E-state index contributed by atoms with van der Waals surface area (Å²) in [7, 11) is 3.10. The van der Waals surface area contributed by atoms with Crippen LogP contribution in [0.15, 0.2) is 18.2 Å². The molecule has 1 aromatic heterocycles. The summed E-state index contributed by atoms with van der Waals surface area (Å²) < 4.78 is 10.5. The van der Waals surface area contributed by atoms with Crippen molar-refractivity contribution in [2.24, 2.45) is 0 Å². The molecular weight excluding hydrogens is 332 g/mol. The zero-order chi connectivity index (χ0) is 17.9. The minimum Gasteiger partial charge on any atom is -0.493 e. The third-order valence-electron chi connectivity index (χ3n) is 3.35. The highest BCUT2D eigenvalue weighted by atomic mass is 32.1. The first-order chi connectivity index (χ1) is 11.4. The number of carboxylic acids is 1. The number of methoxy groups -OCH3 is 2. The van der Waals surface area contributed by atoms with Crippen LogP contribution in [0.5, 0.6) is 11.5 Å². The smallest absolute Gasteiger partial charge is 0.325 e. The number of aliphatic carboxylic acids is 1. The van der Waals surface area contributed by atoms with E-state index in [1.807, 2.05) is 6.07 Å². The SMILES string of the molecule is COc1ccc(-c2nc(C)c(C(=O)N[C@@H](C)C(=O)O)s2)cc1OC. The number of carboxylic acid groups (broad SMARTS) is 1. The summed E-state index contributed by atoms with van der Waals surface area (Å²) in [5, 5.41) is 12.0.